The number of amidine groups is 2. The molecule has 0 spiro atoms. The molecular weight excluding hydrogens is 671 g/mol. The molecule has 0 bridgehead atoms. The second kappa shape index (κ2) is 13.5. The first-order valence-corrected chi connectivity index (χ1v) is 18.5. The molecule has 2 aromatic heterocycles. The van der Waals surface area contributed by atoms with Gasteiger partial charge in [0, 0.05) is 38.4 Å². The van der Waals surface area contributed by atoms with Crippen LogP contribution < -0.4 is 5.43 Å². The van der Waals surface area contributed by atoms with Crippen LogP contribution in [0.2, 0.25) is 0 Å². The monoisotopic (exact) mass is 705 g/mol. The van der Waals surface area contributed by atoms with Gasteiger partial charge in [-0.1, -0.05) is 170 Å². The van der Waals surface area contributed by atoms with Crippen molar-refractivity contribution in [1.82, 2.24) is 9.24 Å². The van der Waals surface area contributed by atoms with E-state index < -0.39 is 0 Å². The van der Waals surface area contributed by atoms with Gasteiger partial charge < -0.3 is 4.57 Å². The minimum Gasteiger partial charge on any atom is -0.309 e. The van der Waals surface area contributed by atoms with Crippen LogP contribution in [0.4, 0.5) is 0 Å². The highest BCUT2D eigenvalue weighted by Gasteiger charge is 2.21. The molecule has 0 aliphatic rings. The fourth-order valence-corrected chi connectivity index (χ4v) is 7.81. The van der Waals surface area contributed by atoms with Crippen LogP contribution in [-0.2, 0) is 0 Å². The maximum atomic E-state index is 9.27. The van der Waals surface area contributed by atoms with Crippen molar-refractivity contribution >= 4 is 55.3 Å². The SMILES string of the molecule is N=C(N=C(Nn1c2ccccc2c2c1ccc1c3ccccc3n(-c3ccccc3)c12)c1ccc(-c2ccccc2)cc1)c1ccc(-c2ccccc2)cc1. The normalized spacial score (nSPS) is 11.8. The molecule has 10 aromatic rings. The topological polar surface area (TPSA) is 58.1 Å². The van der Waals surface area contributed by atoms with E-state index in [0.717, 1.165) is 71.9 Å². The van der Waals surface area contributed by atoms with Gasteiger partial charge in [-0.15, -0.1) is 0 Å². The number of hydrogen-bond donors (Lipinski definition) is 2. The van der Waals surface area contributed by atoms with Crippen molar-refractivity contribution in [2.24, 2.45) is 4.99 Å². The highest BCUT2D eigenvalue weighted by atomic mass is 15.4. The summed E-state index contributed by atoms with van der Waals surface area (Å²) in [5.41, 5.74) is 15.3. The average Bonchev–Trinajstić information content (AvgIpc) is 3.77. The first kappa shape index (κ1) is 32.2. The van der Waals surface area contributed by atoms with Crippen molar-refractivity contribution in [3.05, 3.63) is 211 Å². The minimum absolute atomic E-state index is 0.168. The van der Waals surface area contributed by atoms with E-state index in [2.05, 4.69) is 178 Å². The maximum absolute atomic E-state index is 9.27. The summed E-state index contributed by atoms with van der Waals surface area (Å²) < 4.78 is 4.52. The molecule has 2 heterocycles. The number of nitrogens with zero attached hydrogens (tertiary/aromatic N) is 3. The van der Waals surface area contributed by atoms with Gasteiger partial charge in [-0.3, -0.25) is 15.5 Å². The predicted molar refractivity (Wildman–Crippen MR) is 230 cm³/mol. The smallest absolute Gasteiger partial charge is 0.154 e. The lowest BCUT2D eigenvalue weighted by Crippen LogP contribution is -2.25. The van der Waals surface area contributed by atoms with Gasteiger partial charge in [0.2, 0.25) is 0 Å². The Bertz CT molecular complexity index is 3030. The minimum atomic E-state index is 0.168. The molecule has 8 aromatic carbocycles. The van der Waals surface area contributed by atoms with Crippen LogP contribution >= 0.6 is 0 Å². The largest absolute Gasteiger partial charge is 0.309 e. The Morgan fingerprint density at radius 1 is 0.418 bits per heavy atom. The van der Waals surface area contributed by atoms with E-state index in [1.807, 2.05) is 36.4 Å². The van der Waals surface area contributed by atoms with Crippen LogP contribution in [0, 0.1) is 5.41 Å². The third-order valence-electron chi connectivity index (χ3n) is 10.5. The molecule has 0 fully saturated rings. The molecule has 55 heavy (non-hydrogen) atoms. The Morgan fingerprint density at radius 2 is 0.927 bits per heavy atom. The third kappa shape index (κ3) is 5.66. The quantitative estimate of drug-likeness (QED) is 0.131. The lowest BCUT2D eigenvalue weighted by molar-refractivity contribution is 1.08. The van der Waals surface area contributed by atoms with Crippen LogP contribution in [0.5, 0.6) is 0 Å². The van der Waals surface area contributed by atoms with Gasteiger partial charge in [0.25, 0.3) is 0 Å². The summed E-state index contributed by atoms with van der Waals surface area (Å²) >= 11 is 0. The molecule has 0 saturated carbocycles. The summed E-state index contributed by atoms with van der Waals surface area (Å²) in [6.07, 6.45) is 0. The summed E-state index contributed by atoms with van der Waals surface area (Å²) in [7, 11) is 0. The summed E-state index contributed by atoms with van der Waals surface area (Å²) in [5.74, 6) is 0.740. The van der Waals surface area contributed by atoms with Gasteiger partial charge in [-0.25, -0.2) is 4.99 Å². The second-order valence-electron chi connectivity index (χ2n) is 13.7. The molecule has 0 saturated heterocycles. The van der Waals surface area contributed by atoms with Gasteiger partial charge >= 0.3 is 0 Å². The lowest BCUT2D eigenvalue weighted by Gasteiger charge is -2.15. The zero-order valence-corrected chi connectivity index (χ0v) is 29.9. The predicted octanol–water partition coefficient (Wildman–Crippen LogP) is 12.2. The van der Waals surface area contributed by atoms with Crippen molar-refractivity contribution < 1.29 is 0 Å². The molecule has 260 valence electrons. The van der Waals surface area contributed by atoms with Crippen LogP contribution in [0.25, 0.3) is 71.6 Å². The average molecular weight is 706 g/mol. The molecule has 0 radical (unpaired) electrons. The fraction of sp³-hybridized carbons (Fsp3) is 0. The fourth-order valence-electron chi connectivity index (χ4n) is 7.81. The molecule has 2 N–H and O–H groups in total. The summed E-state index contributed by atoms with van der Waals surface area (Å²) in [6.45, 7) is 0. The highest BCUT2D eigenvalue weighted by molar-refractivity contribution is 6.26. The Hall–Kier alpha value is -7.50. The lowest BCUT2D eigenvalue weighted by atomic mass is 10.0. The second-order valence-corrected chi connectivity index (χ2v) is 13.7. The van der Waals surface area contributed by atoms with Gasteiger partial charge in [-0.05, 0) is 52.6 Å². The van der Waals surface area contributed by atoms with E-state index in [4.69, 9.17) is 4.99 Å². The van der Waals surface area contributed by atoms with Crippen molar-refractivity contribution in [2.45, 2.75) is 0 Å². The number of aromatic nitrogens is 2. The Labute approximate surface area is 318 Å². The molecule has 0 atom stereocenters. The summed E-state index contributed by atoms with van der Waals surface area (Å²) in [6, 6.07) is 69.3. The van der Waals surface area contributed by atoms with Crippen LogP contribution in [-0.4, -0.2) is 20.9 Å². The van der Waals surface area contributed by atoms with Crippen molar-refractivity contribution in [2.75, 3.05) is 5.43 Å². The number of fused-ring (bicyclic) bond motifs is 7. The molecule has 0 aliphatic carbocycles. The van der Waals surface area contributed by atoms with Gasteiger partial charge in [0.05, 0.1) is 22.1 Å². The van der Waals surface area contributed by atoms with E-state index in [1.54, 1.807) is 0 Å². The van der Waals surface area contributed by atoms with Crippen molar-refractivity contribution in [3.8, 4) is 27.9 Å². The maximum Gasteiger partial charge on any atom is 0.154 e. The van der Waals surface area contributed by atoms with E-state index in [0.29, 0.717) is 5.84 Å². The Balaban J connectivity index is 1.15. The van der Waals surface area contributed by atoms with E-state index >= 15 is 0 Å². The summed E-state index contributed by atoms with van der Waals surface area (Å²) in [5, 5.41) is 13.9. The number of aliphatic imine (C=N–C) groups is 1. The van der Waals surface area contributed by atoms with Crippen LogP contribution in [0.3, 0.4) is 0 Å². The van der Waals surface area contributed by atoms with Gasteiger partial charge in [-0.2, -0.15) is 0 Å². The molecule has 5 heteroatoms. The number of para-hydroxylation sites is 3. The Morgan fingerprint density at radius 3 is 1.56 bits per heavy atom. The van der Waals surface area contributed by atoms with Crippen LogP contribution in [0.15, 0.2) is 205 Å². The van der Waals surface area contributed by atoms with Crippen molar-refractivity contribution in [1.29, 1.82) is 5.41 Å². The standard InChI is InChI=1S/C50H35N5/c51-49(38-28-24-36(25-29-38)34-14-4-1-5-15-34)52-50(39-30-26-37(27-31-39)35-16-6-2-7-17-35)53-55-45-23-13-11-21-43(45)47-46(55)33-32-42-41-20-10-12-22-44(41)54(48(42)47)40-18-8-3-9-19-40/h1-33H,(H2,51,52,53). The first-order chi connectivity index (χ1) is 27.2. The van der Waals surface area contributed by atoms with E-state index in [9.17, 15) is 5.41 Å². The molecule has 0 amide bonds. The third-order valence-corrected chi connectivity index (χ3v) is 10.5. The van der Waals surface area contributed by atoms with Gasteiger partial charge in [0.15, 0.2) is 11.7 Å². The Kier molecular flexibility index (Phi) is 7.89. The van der Waals surface area contributed by atoms with Crippen molar-refractivity contribution in [3.63, 3.8) is 0 Å². The van der Waals surface area contributed by atoms with Crippen LogP contribution in [0.1, 0.15) is 11.1 Å². The number of benzene rings is 8. The van der Waals surface area contributed by atoms with Gasteiger partial charge in [0.1, 0.15) is 0 Å². The molecule has 10 rings (SSSR count). The molecular formula is C50H35N5. The number of nitrogens with one attached hydrogen (secondary N) is 2. The molecule has 5 nitrogen and oxygen atoms in total. The summed E-state index contributed by atoms with van der Waals surface area (Å²) in [4.78, 5) is 5.04. The zero-order valence-electron chi connectivity index (χ0n) is 29.9. The number of hydrogen-bond acceptors (Lipinski definition) is 1. The molecule has 0 aliphatic heterocycles. The zero-order chi connectivity index (χ0) is 36.7. The molecule has 0 unspecified atom stereocenters. The van der Waals surface area contributed by atoms with E-state index in [1.165, 1.54) is 10.8 Å². The van der Waals surface area contributed by atoms with E-state index in [-0.39, 0.29) is 5.84 Å². The number of rotatable bonds is 6. The first-order valence-electron chi connectivity index (χ1n) is 18.5. The highest BCUT2D eigenvalue weighted by Crippen LogP contribution is 2.40.